The molecule has 0 amide bonds. The van der Waals surface area contributed by atoms with Gasteiger partial charge in [-0.2, -0.15) is 0 Å². The first-order valence-electron chi connectivity index (χ1n) is 13.0. The summed E-state index contributed by atoms with van der Waals surface area (Å²) >= 11 is 0. The van der Waals surface area contributed by atoms with Crippen molar-refractivity contribution >= 4 is 0 Å². The number of aryl methyl sites for hydroxylation is 1. The van der Waals surface area contributed by atoms with Crippen LogP contribution in [0.4, 0.5) is 0 Å². The van der Waals surface area contributed by atoms with E-state index in [4.69, 9.17) is 0 Å². The smallest absolute Gasteiger partial charge is 0.0152 e. The Morgan fingerprint density at radius 1 is 0.433 bits per heavy atom. The van der Waals surface area contributed by atoms with Gasteiger partial charge in [0.25, 0.3) is 0 Å². The van der Waals surface area contributed by atoms with Gasteiger partial charge in [-0.3, -0.25) is 0 Å². The lowest BCUT2D eigenvalue weighted by Crippen LogP contribution is -1.91. The Kier molecular flexibility index (Phi) is 14.1. The number of rotatable bonds is 18. The first-order chi connectivity index (χ1) is 14.9. The third-order valence-electron chi connectivity index (χ3n) is 6.40. The van der Waals surface area contributed by atoms with E-state index >= 15 is 0 Å². The number of hydrogen-bond acceptors (Lipinski definition) is 0. The van der Waals surface area contributed by atoms with Crippen LogP contribution in [0.15, 0.2) is 54.6 Å². The maximum Gasteiger partial charge on any atom is -0.0152 e. The monoisotopic (exact) mass is 406 g/mol. The fraction of sp³-hybridized carbons (Fsp3) is 0.600. The lowest BCUT2D eigenvalue weighted by molar-refractivity contribution is 0.529. The minimum Gasteiger partial charge on any atom is -0.0654 e. The highest BCUT2D eigenvalue weighted by Crippen LogP contribution is 2.25. The summed E-state index contributed by atoms with van der Waals surface area (Å²) in [5, 5.41) is 0. The molecule has 30 heavy (non-hydrogen) atoms. The summed E-state index contributed by atoms with van der Waals surface area (Å²) in [6.45, 7) is 2.30. The van der Waals surface area contributed by atoms with Gasteiger partial charge in [0.1, 0.15) is 0 Å². The molecule has 2 aromatic rings. The van der Waals surface area contributed by atoms with Crippen molar-refractivity contribution in [3.8, 4) is 11.1 Å². The Balaban J connectivity index is 1.43. The van der Waals surface area contributed by atoms with Crippen molar-refractivity contribution in [2.24, 2.45) is 0 Å². The van der Waals surface area contributed by atoms with Gasteiger partial charge in [0.15, 0.2) is 0 Å². The van der Waals surface area contributed by atoms with Crippen molar-refractivity contribution in [3.63, 3.8) is 0 Å². The van der Waals surface area contributed by atoms with E-state index < -0.39 is 0 Å². The van der Waals surface area contributed by atoms with Crippen molar-refractivity contribution in [2.45, 2.75) is 116 Å². The molecule has 0 aromatic heterocycles. The molecule has 0 heterocycles. The van der Waals surface area contributed by atoms with Crippen LogP contribution < -0.4 is 0 Å². The molecule has 0 aliphatic rings. The van der Waals surface area contributed by atoms with Gasteiger partial charge in [0.05, 0.1) is 0 Å². The molecule has 0 aliphatic carbocycles. The van der Waals surface area contributed by atoms with Crippen LogP contribution in [0.25, 0.3) is 11.1 Å². The SMILES string of the molecule is CCCCCCCCCCCCCCCCCCc1ccccc1-c1ccccc1. The summed E-state index contributed by atoms with van der Waals surface area (Å²) in [6.07, 6.45) is 24.1. The highest BCUT2D eigenvalue weighted by Gasteiger charge is 2.04. The minimum absolute atomic E-state index is 1.21. The van der Waals surface area contributed by atoms with Gasteiger partial charge in [-0.1, -0.05) is 158 Å². The topological polar surface area (TPSA) is 0 Å². The Labute approximate surface area is 187 Å². The van der Waals surface area contributed by atoms with Crippen LogP contribution in [-0.4, -0.2) is 0 Å². The van der Waals surface area contributed by atoms with Crippen LogP contribution in [-0.2, 0) is 6.42 Å². The molecule has 0 spiro atoms. The summed E-state index contributed by atoms with van der Waals surface area (Å²) in [5.74, 6) is 0. The molecule has 0 N–H and O–H groups in total. The number of benzene rings is 2. The van der Waals surface area contributed by atoms with Crippen molar-refractivity contribution in [3.05, 3.63) is 60.2 Å². The molecule has 0 unspecified atom stereocenters. The van der Waals surface area contributed by atoms with E-state index in [1.807, 2.05) is 0 Å². The Bertz CT molecular complexity index is 627. The van der Waals surface area contributed by atoms with E-state index in [9.17, 15) is 0 Å². The average Bonchev–Trinajstić information content (AvgIpc) is 2.79. The highest BCUT2D eigenvalue weighted by atomic mass is 14.1. The molecular formula is C30H46. The van der Waals surface area contributed by atoms with Gasteiger partial charge in [0.2, 0.25) is 0 Å². The normalized spacial score (nSPS) is 11.1. The van der Waals surface area contributed by atoms with Crippen LogP contribution in [0.1, 0.15) is 115 Å². The van der Waals surface area contributed by atoms with E-state index in [0.717, 1.165) is 0 Å². The predicted octanol–water partition coefficient (Wildman–Crippen LogP) is 10.2. The molecule has 2 aromatic carbocycles. The van der Waals surface area contributed by atoms with Gasteiger partial charge in [-0.15, -0.1) is 0 Å². The molecule has 0 bridgehead atoms. The van der Waals surface area contributed by atoms with Crippen LogP contribution in [0.5, 0.6) is 0 Å². The second-order valence-corrected chi connectivity index (χ2v) is 9.08. The lowest BCUT2D eigenvalue weighted by atomic mass is 9.95. The fourth-order valence-corrected chi connectivity index (χ4v) is 4.50. The molecule has 0 fully saturated rings. The summed E-state index contributed by atoms with van der Waals surface area (Å²) < 4.78 is 0. The van der Waals surface area contributed by atoms with Crippen molar-refractivity contribution in [2.75, 3.05) is 0 Å². The maximum absolute atomic E-state index is 2.31. The Morgan fingerprint density at radius 2 is 0.867 bits per heavy atom. The zero-order chi connectivity index (χ0) is 21.1. The molecular weight excluding hydrogens is 360 g/mol. The molecule has 0 saturated carbocycles. The first kappa shape index (κ1) is 24.7. The lowest BCUT2D eigenvalue weighted by Gasteiger charge is -2.10. The average molecular weight is 407 g/mol. The van der Waals surface area contributed by atoms with Crippen molar-refractivity contribution < 1.29 is 0 Å². The molecule has 166 valence electrons. The van der Waals surface area contributed by atoms with E-state index in [1.165, 1.54) is 126 Å². The summed E-state index contributed by atoms with van der Waals surface area (Å²) in [4.78, 5) is 0. The summed E-state index contributed by atoms with van der Waals surface area (Å²) in [5.41, 5.74) is 4.28. The van der Waals surface area contributed by atoms with E-state index in [2.05, 4.69) is 61.5 Å². The van der Waals surface area contributed by atoms with Crippen LogP contribution in [0.2, 0.25) is 0 Å². The third kappa shape index (κ3) is 11.0. The van der Waals surface area contributed by atoms with Gasteiger partial charge < -0.3 is 0 Å². The molecule has 0 atom stereocenters. The van der Waals surface area contributed by atoms with Crippen LogP contribution >= 0.6 is 0 Å². The molecule has 0 saturated heterocycles. The van der Waals surface area contributed by atoms with Crippen molar-refractivity contribution in [1.82, 2.24) is 0 Å². The number of unbranched alkanes of at least 4 members (excludes halogenated alkanes) is 15. The third-order valence-corrected chi connectivity index (χ3v) is 6.40. The van der Waals surface area contributed by atoms with Gasteiger partial charge in [0, 0.05) is 0 Å². The van der Waals surface area contributed by atoms with E-state index in [0.29, 0.717) is 0 Å². The zero-order valence-electron chi connectivity index (χ0n) is 19.7. The Hall–Kier alpha value is -1.56. The van der Waals surface area contributed by atoms with Crippen LogP contribution in [0.3, 0.4) is 0 Å². The molecule has 0 aliphatic heterocycles. The highest BCUT2D eigenvalue weighted by molar-refractivity contribution is 5.67. The van der Waals surface area contributed by atoms with E-state index in [1.54, 1.807) is 0 Å². The largest absolute Gasteiger partial charge is 0.0654 e. The standard InChI is InChI=1S/C30H46/c1-2-3-4-5-6-7-8-9-10-11-12-13-14-15-16-18-23-29-26-21-22-27-30(29)28-24-19-17-20-25-28/h17,19-22,24-27H,2-16,18,23H2,1H3. The molecule has 0 heteroatoms. The molecule has 2 rings (SSSR count). The maximum atomic E-state index is 2.31. The van der Waals surface area contributed by atoms with Crippen LogP contribution in [0, 0.1) is 0 Å². The van der Waals surface area contributed by atoms with Gasteiger partial charge in [-0.25, -0.2) is 0 Å². The fourth-order valence-electron chi connectivity index (χ4n) is 4.50. The zero-order valence-corrected chi connectivity index (χ0v) is 19.7. The summed E-state index contributed by atoms with van der Waals surface area (Å²) in [7, 11) is 0. The quantitative estimate of drug-likeness (QED) is 0.216. The first-order valence-corrected chi connectivity index (χ1v) is 13.0. The second kappa shape index (κ2) is 17.2. The Morgan fingerprint density at radius 3 is 1.40 bits per heavy atom. The molecule has 0 nitrogen and oxygen atoms in total. The summed E-state index contributed by atoms with van der Waals surface area (Å²) in [6, 6.07) is 19.8. The van der Waals surface area contributed by atoms with Crippen molar-refractivity contribution in [1.29, 1.82) is 0 Å². The second-order valence-electron chi connectivity index (χ2n) is 9.08. The number of hydrogen-bond donors (Lipinski definition) is 0. The van der Waals surface area contributed by atoms with E-state index in [-0.39, 0.29) is 0 Å². The molecule has 0 radical (unpaired) electrons. The van der Waals surface area contributed by atoms with Gasteiger partial charge in [-0.05, 0) is 29.5 Å². The van der Waals surface area contributed by atoms with Gasteiger partial charge >= 0.3 is 0 Å². The minimum atomic E-state index is 1.21. The predicted molar refractivity (Wildman–Crippen MR) is 135 cm³/mol.